The van der Waals surface area contributed by atoms with Crippen LogP contribution in [-0.4, -0.2) is 48.1 Å². The molecule has 0 aliphatic carbocycles. The molecule has 0 saturated heterocycles. The lowest BCUT2D eigenvalue weighted by molar-refractivity contribution is 0.0544. The highest BCUT2D eigenvalue weighted by Gasteiger charge is 2.10. The first-order chi connectivity index (χ1) is 15.7. The van der Waals surface area contributed by atoms with Gasteiger partial charge in [0, 0.05) is 36.5 Å². The lowest BCUT2D eigenvalue weighted by atomic mass is 10.1. The Balaban J connectivity index is 1.53. The second kappa shape index (κ2) is 10.2. The van der Waals surface area contributed by atoms with E-state index in [1.807, 2.05) is 54.6 Å². The minimum atomic E-state index is -0.350. The molecule has 2 aromatic carbocycles. The molecule has 2 aromatic heterocycles. The number of nitrogens with one attached hydrogen (secondary N) is 1. The number of hydrogen-bond acceptors (Lipinski definition) is 6. The zero-order valence-corrected chi connectivity index (χ0v) is 17.9. The third-order valence-electron chi connectivity index (χ3n) is 5.03. The molecule has 0 atom stereocenters. The van der Waals surface area contributed by atoms with Gasteiger partial charge in [0.1, 0.15) is 18.0 Å². The molecular formula is C24H26N4O4. The fourth-order valence-corrected chi connectivity index (χ4v) is 3.34. The van der Waals surface area contributed by atoms with Crippen molar-refractivity contribution in [3.8, 4) is 22.7 Å². The number of nitrogens with two attached hydrogens (primary N) is 1. The summed E-state index contributed by atoms with van der Waals surface area (Å²) in [4.78, 5) is 20.0. The number of nitrogens with zero attached hydrogens (tertiary/aromatic N) is 2. The SMILES string of the molecule is COCCOCCOc1cccc(-c2cc3cn(-c4ccc(CN)cc4)c(=O)nc3[nH]2)c1. The van der Waals surface area contributed by atoms with E-state index in [4.69, 9.17) is 19.9 Å². The van der Waals surface area contributed by atoms with Crippen LogP contribution in [0.4, 0.5) is 0 Å². The van der Waals surface area contributed by atoms with Gasteiger partial charge in [-0.3, -0.25) is 4.57 Å². The molecule has 8 heteroatoms. The second-order valence-electron chi connectivity index (χ2n) is 7.23. The van der Waals surface area contributed by atoms with Crippen LogP contribution < -0.4 is 16.2 Å². The van der Waals surface area contributed by atoms with Crippen LogP contribution in [0.5, 0.6) is 5.75 Å². The molecule has 0 aliphatic rings. The summed E-state index contributed by atoms with van der Waals surface area (Å²) in [7, 11) is 1.64. The Morgan fingerprint density at radius 1 is 1.03 bits per heavy atom. The standard InChI is InChI=1S/C24H26N4O4/c1-30-9-10-31-11-12-32-21-4-2-3-18(13-21)22-14-19-16-28(24(29)27-23(19)26-22)20-7-5-17(15-25)6-8-20/h2-8,13-14,16H,9-12,15,25H2,1H3,(H,26,27,29). The van der Waals surface area contributed by atoms with Crippen LogP contribution in [0.15, 0.2) is 65.6 Å². The van der Waals surface area contributed by atoms with Crippen molar-refractivity contribution in [2.75, 3.05) is 33.5 Å². The molecule has 2 heterocycles. The summed E-state index contributed by atoms with van der Waals surface area (Å²) < 4.78 is 17.7. The highest BCUT2D eigenvalue weighted by molar-refractivity contribution is 5.82. The van der Waals surface area contributed by atoms with Gasteiger partial charge in [-0.25, -0.2) is 4.79 Å². The Hall–Kier alpha value is -3.46. The number of ether oxygens (including phenoxy) is 3. The average molecular weight is 434 g/mol. The summed E-state index contributed by atoms with van der Waals surface area (Å²) in [5, 5.41) is 0.834. The fourth-order valence-electron chi connectivity index (χ4n) is 3.34. The lowest BCUT2D eigenvalue weighted by Gasteiger charge is -2.08. The van der Waals surface area contributed by atoms with Crippen LogP contribution in [0.1, 0.15) is 5.56 Å². The number of fused-ring (bicyclic) bond motifs is 1. The van der Waals surface area contributed by atoms with E-state index in [0.29, 0.717) is 38.6 Å². The van der Waals surface area contributed by atoms with E-state index >= 15 is 0 Å². The monoisotopic (exact) mass is 434 g/mol. The number of hydrogen-bond donors (Lipinski definition) is 2. The Labute approximate surface area is 185 Å². The van der Waals surface area contributed by atoms with Gasteiger partial charge in [-0.15, -0.1) is 0 Å². The molecule has 4 aromatic rings. The van der Waals surface area contributed by atoms with E-state index in [1.165, 1.54) is 4.57 Å². The molecule has 0 spiro atoms. The summed E-state index contributed by atoms with van der Waals surface area (Å²) in [5.74, 6) is 0.740. The molecule has 0 amide bonds. The van der Waals surface area contributed by atoms with Crippen molar-refractivity contribution in [3.05, 3.63) is 76.8 Å². The van der Waals surface area contributed by atoms with Gasteiger partial charge in [0.05, 0.1) is 25.5 Å². The zero-order chi connectivity index (χ0) is 22.3. The van der Waals surface area contributed by atoms with Crippen LogP contribution in [0.25, 0.3) is 28.0 Å². The minimum absolute atomic E-state index is 0.350. The Kier molecular flexibility index (Phi) is 6.96. The van der Waals surface area contributed by atoms with Crippen molar-refractivity contribution in [2.45, 2.75) is 6.54 Å². The molecule has 0 fully saturated rings. The van der Waals surface area contributed by atoms with E-state index in [9.17, 15) is 4.79 Å². The van der Waals surface area contributed by atoms with Crippen LogP contribution >= 0.6 is 0 Å². The third-order valence-corrected chi connectivity index (χ3v) is 5.03. The van der Waals surface area contributed by atoms with Gasteiger partial charge in [0.25, 0.3) is 0 Å². The van der Waals surface area contributed by atoms with E-state index in [1.54, 1.807) is 13.3 Å². The minimum Gasteiger partial charge on any atom is -0.491 e. The van der Waals surface area contributed by atoms with Crippen molar-refractivity contribution in [1.82, 2.24) is 14.5 Å². The molecule has 0 aliphatic heterocycles. The van der Waals surface area contributed by atoms with Crippen LogP contribution in [0.2, 0.25) is 0 Å². The zero-order valence-electron chi connectivity index (χ0n) is 17.9. The first-order valence-electron chi connectivity index (χ1n) is 10.4. The second-order valence-corrected chi connectivity index (χ2v) is 7.23. The number of H-pyrrole nitrogens is 1. The average Bonchev–Trinajstić information content (AvgIpc) is 3.24. The fraction of sp³-hybridized carbons (Fsp3) is 0.250. The van der Waals surface area contributed by atoms with Crippen molar-refractivity contribution in [3.63, 3.8) is 0 Å². The van der Waals surface area contributed by atoms with Gasteiger partial charge in [0.2, 0.25) is 0 Å². The molecule has 3 N–H and O–H groups in total. The van der Waals surface area contributed by atoms with E-state index in [-0.39, 0.29) is 5.69 Å². The number of aromatic nitrogens is 3. The van der Waals surface area contributed by atoms with Gasteiger partial charge in [-0.2, -0.15) is 4.98 Å². The smallest absolute Gasteiger partial charge is 0.354 e. The molecule has 8 nitrogen and oxygen atoms in total. The largest absolute Gasteiger partial charge is 0.491 e. The maximum atomic E-state index is 12.6. The van der Waals surface area contributed by atoms with Gasteiger partial charge in [-0.05, 0) is 35.9 Å². The van der Waals surface area contributed by atoms with Crippen LogP contribution in [0.3, 0.4) is 0 Å². The van der Waals surface area contributed by atoms with Gasteiger partial charge >= 0.3 is 5.69 Å². The summed E-state index contributed by atoms with van der Waals surface area (Å²) in [6.45, 7) is 2.50. The maximum Gasteiger partial charge on any atom is 0.354 e. The highest BCUT2D eigenvalue weighted by Crippen LogP contribution is 2.26. The highest BCUT2D eigenvalue weighted by atomic mass is 16.5. The van der Waals surface area contributed by atoms with E-state index < -0.39 is 0 Å². The predicted octanol–water partition coefficient (Wildman–Crippen LogP) is 2.88. The Morgan fingerprint density at radius 2 is 1.84 bits per heavy atom. The van der Waals surface area contributed by atoms with Crippen molar-refractivity contribution >= 4 is 11.0 Å². The van der Waals surface area contributed by atoms with Crippen LogP contribution in [0, 0.1) is 0 Å². The first kappa shape index (κ1) is 21.8. The molecule has 166 valence electrons. The molecular weight excluding hydrogens is 408 g/mol. The predicted molar refractivity (Wildman–Crippen MR) is 123 cm³/mol. The number of benzene rings is 2. The summed E-state index contributed by atoms with van der Waals surface area (Å²) in [5.41, 5.74) is 9.38. The number of aromatic amines is 1. The quantitative estimate of drug-likeness (QED) is 0.372. The van der Waals surface area contributed by atoms with Crippen molar-refractivity contribution < 1.29 is 14.2 Å². The number of methoxy groups -OCH3 is 1. The van der Waals surface area contributed by atoms with E-state index in [0.717, 1.165) is 33.6 Å². The first-order valence-corrected chi connectivity index (χ1v) is 10.4. The summed E-state index contributed by atoms with van der Waals surface area (Å²) in [6.07, 6.45) is 1.79. The molecule has 32 heavy (non-hydrogen) atoms. The van der Waals surface area contributed by atoms with Gasteiger partial charge in [-0.1, -0.05) is 24.3 Å². The topological polar surface area (TPSA) is 104 Å². The molecule has 0 saturated carbocycles. The van der Waals surface area contributed by atoms with E-state index in [2.05, 4.69) is 9.97 Å². The van der Waals surface area contributed by atoms with Gasteiger partial charge in [0.15, 0.2) is 0 Å². The maximum absolute atomic E-state index is 12.6. The normalized spacial score (nSPS) is 11.2. The summed E-state index contributed by atoms with van der Waals surface area (Å²) >= 11 is 0. The third kappa shape index (κ3) is 5.05. The van der Waals surface area contributed by atoms with Crippen molar-refractivity contribution in [1.29, 1.82) is 0 Å². The number of rotatable bonds is 10. The molecule has 0 unspecified atom stereocenters. The van der Waals surface area contributed by atoms with Crippen LogP contribution in [-0.2, 0) is 16.0 Å². The Bertz CT molecular complexity index is 1230. The summed E-state index contributed by atoms with van der Waals surface area (Å²) in [6, 6.07) is 17.3. The Morgan fingerprint density at radius 3 is 2.62 bits per heavy atom. The molecule has 0 radical (unpaired) electrons. The van der Waals surface area contributed by atoms with Crippen molar-refractivity contribution in [2.24, 2.45) is 5.73 Å². The molecule has 4 rings (SSSR count). The molecule has 0 bridgehead atoms. The van der Waals surface area contributed by atoms with Gasteiger partial charge < -0.3 is 24.9 Å². The lowest BCUT2D eigenvalue weighted by Crippen LogP contribution is -2.20.